The number of carbonyl (C=O) groups is 2. The molecule has 2 aromatic heterocycles. The summed E-state index contributed by atoms with van der Waals surface area (Å²) in [5, 5.41) is 11.5. The van der Waals surface area contributed by atoms with Gasteiger partial charge in [-0.15, -0.1) is 0 Å². The van der Waals surface area contributed by atoms with Gasteiger partial charge in [0.15, 0.2) is 10.7 Å². The fourth-order valence-corrected chi connectivity index (χ4v) is 5.23. The lowest BCUT2D eigenvalue weighted by Gasteiger charge is -2.17. The van der Waals surface area contributed by atoms with E-state index < -0.39 is 0 Å². The first-order valence-electron chi connectivity index (χ1n) is 12.2. The fourth-order valence-electron chi connectivity index (χ4n) is 4.18. The van der Waals surface area contributed by atoms with Gasteiger partial charge in [0, 0.05) is 35.9 Å². The predicted octanol–water partition coefficient (Wildman–Crippen LogP) is 4.63. The third-order valence-electron chi connectivity index (χ3n) is 6.28. The highest BCUT2D eigenvalue weighted by molar-refractivity contribution is 7.23. The molecule has 0 atom stereocenters. The van der Waals surface area contributed by atoms with Crippen molar-refractivity contribution in [2.24, 2.45) is 0 Å². The van der Waals surface area contributed by atoms with Crippen LogP contribution < -0.4 is 5.32 Å². The molecule has 4 rings (SSSR count). The van der Waals surface area contributed by atoms with Gasteiger partial charge in [-0.3, -0.25) is 14.0 Å². The lowest BCUT2D eigenvalue weighted by Crippen LogP contribution is -2.26. The monoisotopic (exact) mass is 492 g/mol. The van der Waals surface area contributed by atoms with Crippen molar-refractivity contribution < 1.29 is 14.7 Å². The minimum Gasteiger partial charge on any atom is -0.395 e. The second-order valence-electron chi connectivity index (χ2n) is 8.53. The zero-order chi connectivity index (χ0) is 24.8. The summed E-state index contributed by atoms with van der Waals surface area (Å²) >= 11 is 1.57. The number of fused-ring (bicyclic) bond motifs is 3. The van der Waals surface area contributed by atoms with E-state index in [1.807, 2.05) is 36.5 Å². The van der Waals surface area contributed by atoms with Crippen LogP contribution in [0.25, 0.3) is 26.4 Å². The van der Waals surface area contributed by atoms with Crippen LogP contribution in [-0.2, 0) is 0 Å². The molecule has 0 radical (unpaired) electrons. The van der Waals surface area contributed by atoms with Gasteiger partial charge in [0.05, 0.1) is 22.5 Å². The number of unbranched alkanes of at least 4 members (excludes halogenated alkanes) is 1. The molecule has 0 aliphatic carbocycles. The molecule has 0 bridgehead atoms. The lowest BCUT2D eigenvalue weighted by molar-refractivity contribution is 0.0943. The zero-order valence-corrected chi connectivity index (χ0v) is 21.1. The Kier molecular flexibility index (Phi) is 8.28. The number of rotatable bonds is 12. The second-order valence-corrected chi connectivity index (χ2v) is 9.54. The molecule has 8 heteroatoms. The maximum absolute atomic E-state index is 12.7. The molecule has 2 N–H and O–H groups in total. The number of aliphatic hydroxyl groups excluding tert-OH is 1. The summed E-state index contributed by atoms with van der Waals surface area (Å²) in [7, 11) is 0. The third-order valence-corrected chi connectivity index (χ3v) is 7.30. The standard InChI is InChI=1S/C27H32N4O3S/c1-3-30(4-2)15-6-5-7-24(33)21-12-13-23-25(17-21)35-27-29-22(18-31(23)27)19-8-10-20(11-9-19)26(34)28-14-16-32/h8-13,17-18,32H,3-7,14-16H2,1-2H3,(H,28,34). The Balaban J connectivity index is 1.44. The molecule has 0 saturated carbocycles. The number of nitrogens with zero attached hydrogens (tertiary/aromatic N) is 3. The Morgan fingerprint density at radius 1 is 1.06 bits per heavy atom. The molecule has 0 saturated heterocycles. The van der Waals surface area contributed by atoms with Crippen molar-refractivity contribution in [3.63, 3.8) is 0 Å². The summed E-state index contributed by atoms with van der Waals surface area (Å²) in [4.78, 5) is 32.8. The van der Waals surface area contributed by atoms with E-state index >= 15 is 0 Å². The van der Waals surface area contributed by atoms with Crippen LogP contribution in [0.15, 0.2) is 48.7 Å². The molecule has 1 amide bonds. The van der Waals surface area contributed by atoms with Gasteiger partial charge in [0.2, 0.25) is 0 Å². The highest BCUT2D eigenvalue weighted by Gasteiger charge is 2.14. The average molecular weight is 493 g/mol. The SMILES string of the molecule is CCN(CC)CCCCC(=O)c1ccc2c(c1)sc1nc(-c3ccc(C(=O)NCCO)cc3)cn12. The molecule has 2 heterocycles. The fraction of sp³-hybridized carbons (Fsp3) is 0.370. The quantitative estimate of drug-likeness (QED) is 0.222. The minimum atomic E-state index is -0.211. The van der Waals surface area contributed by atoms with Crippen LogP contribution in [-0.4, -0.2) is 63.9 Å². The molecule has 0 spiro atoms. The summed E-state index contributed by atoms with van der Waals surface area (Å²) in [5.41, 5.74) is 4.08. The third kappa shape index (κ3) is 5.78. The summed E-state index contributed by atoms with van der Waals surface area (Å²) in [6.07, 6.45) is 4.52. The van der Waals surface area contributed by atoms with E-state index in [0.717, 1.165) is 64.5 Å². The maximum atomic E-state index is 12.7. The molecule has 0 aliphatic rings. The number of nitrogens with one attached hydrogen (secondary N) is 1. The topological polar surface area (TPSA) is 86.9 Å². The minimum absolute atomic E-state index is 0.0875. The Morgan fingerprint density at radius 3 is 2.51 bits per heavy atom. The number of ketones is 1. The molecular formula is C27H32N4O3S. The number of carbonyl (C=O) groups excluding carboxylic acids is 2. The number of imidazole rings is 1. The zero-order valence-electron chi connectivity index (χ0n) is 20.3. The highest BCUT2D eigenvalue weighted by atomic mass is 32.1. The summed E-state index contributed by atoms with van der Waals surface area (Å²) in [6.45, 7) is 7.63. The van der Waals surface area contributed by atoms with Crippen molar-refractivity contribution in [3.8, 4) is 11.3 Å². The number of amides is 1. The van der Waals surface area contributed by atoms with Gasteiger partial charge in [-0.25, -0.2) is 4.98 Å². The van der Waals surface area contributed by atoms with Crippen molar-refractivity contribution >= 4 is 38.2 Å². The van der Waals surface area contributed by atoms with Gasteiger partial charge < -0.3 is 15.3 Å². The summed E-state index contributed by atoms with van der Waals surface area (Å²) in [6, 6.07) is 13.2. The van der Waals surface area contributed by atoms with Gasteiger partial charge in [0.25, 0.3) is 5.91 Å². The largest absolute Gasteiger partial charge is 0.395 e. The van der Waals surface area contributed by atoms with Crippen LogP contribution in [0.3, 0.4) is 0 Å². The number of hydrogen-bond donors (Lipinski definition) is 2. The van der Waals surface area contributed by atoms with Crippen molar-refractivity contribution in [1.82, 2.24) is 19.6 Å². The normalized spacial score (nSPS) is 11.5. The summed E-state index contributed by atoms with van der Waals surface area (Å²) < 4.78 is 3.10. The Labute approximate surface area is 209 Å². The van der Waals surface area contributed by atoms with Gasteiger partial charge in [-0.1, -0.05) is 37.3 Å². The van der Waals surface area contributed by atoms with Gasteiger partial charge in [-0.2, -0.15) is 0 Å². The average Bonchev–Trinajstić information content (AvgIpc) is 3.45. The van der Waals surface area contributed by atoms with Crippen LogP contribution in [0.2, 0.25) is 0 Å². The van der Waals surface area contributed by atoms with Gasteiger partial charge >= 0.3 is 0 Å². The number of aromatic nitrogens is 2. The molecule has 0 fully saturated rings. The Bertz CT molecular complexity index is 1310. The van der Waals surface area contributed by atoms with Gasteiger partial charge in [-0.05, 0) is 62.8 Å². The Morgan fingerprint density at radius 2 is 1.80 bits per heavy atom. The van der Waals surface area contributed by atoms with Crippen molar-refractivity contribution in [1.29, 1.82) is 0 Å². The first-order chi connectivity index (χ1) is 17.0. The summed E-state index contributed by atoms with van der Waals surface area (Å²) in [5.74, 6) is -0.0158. The van der Waals surface area contributed by atoms with E-state index in [4.69, 9.17) is 10.1 Å². The van der Waals surface area contributed by atoms with Crippen molar-refractivity contribution in [3.05, 3.63) is 59.8 Å². The van der Waals surface area contributed by atoms with Crippen molar-refractivity contribution in [2.75, 3.05) is 32.8 Å². The van der Waals surface area contributed by atoms with Crippen LogP contribution >= 0.6 is 11.3 Å². The van der Waals surface area contributed by atoms with E-state index in [0.29, 0.717) is 12.0 Å². The van der Waals surface area contributed by atoms with E-state index in [9.17, 15) is 9.59 Å². The number of thiazole rings is 1. The molecule has 184 valence electrons. The highest BCUT2D eigenvalue weighted by Crippen LogP contribution is 2.30. The molecular weight excluding hydrogens is 460 g/mol. The first-order valence-corrected chi connectivity index (χ1v) is 13.0. The first kappa shape index (κ1) is 25.0. The van der Waals surface area contributed by atoms with Crippen LogP contribution in [0.4, 0.5) is 0 Å². The van der Waals surface area contributed by atoms with Crippen molar-refractivity contribution in [2.45, 2.75) is 33.1 Å². The van der Waals surface area contributed by atoms with Crippen LogP contribution in [0.5, 0.6) is 0 Å². The molecule has 4 aromatic rings. The molecule has 7 nitrogen and oxygen atoms in total. The van der Waals surface area contributed by atoms with E-state index in [2.05, 4.69) is 28.5 Å². The van der Waals surface area contributed by atoms with E-state index in [-0.39, 0.29) is 24.8 Å². The Hall–Kier alpha value is -3.07. The van der Waals surface area contributed by atoms with E-state index in [1.54, 1.807) is 23.5 Å². The maximum Gasteiger partial charge on any atom is 0.251 e. The number of hydrogen-bond acceptors (Lipinski definition) is 6. The van der Waals surface area contributed by atoms with E-state index in [1.165, 1.54) is 0 Å². The second kappa shape index (κ2) is 11.6. The van der Waals surface area contributed by atoms with Crippen LogP contribution in [0, 0.1) is 0 Å². The molecule has 35 heavy (non-hydrogen) atoms. The number of aliphatic hydroxyl groups is 1. The smallest absolute Gasteiger partial charge is 0.251 e. The molecule has 2 aromatic carbocycles. The molecule has 0 unspecified atom stereocenters. The number of Topliss-reactive ketones (excluding diaryl/α,β-unsaturated/α-hetero) is 1. The lowest BCUT2D eigenvalue weighted by atomic mass is 10.1. The number of benzene rings is 2. The molecule has 0 aliphatic heterocycles. The van der Waals surface area contributed by atoms with Crippen LogP contribution in [0.1, 0.15) is 53.8 Å². The predicted molar refractivity (Wildman–Crippen MR) is 141 cm³/mol. The van der Waals surface area contributed by atoms with Gasteiger partial charge in [0.1, 0.15) is 0 Å².